The van der Waals surface area contributed by atoms with Crippen LogP contribution in [0.1, 0.15) is 90.9 Å². The number of ether oxygens (including phenoxy) is 3. The van der Waals surface area contributed by atoms with E-state index in [2.05, 4.69) is 19.9 Å². The van der Waals surface area contributed by atoms with Crippen LogP contribution in [0.25, 0.3) is 0 Å². The number of hydrogen-bond acceptors (Lipinski definition) is 3. The Morgan fingerprint density at radius 1 is 1.13 bits per heavy atom. The van der Waals surface area contributed by atoms with Crippen molar-refractivity contribution in [3.63, 3.8) is 0 Å². The molecule has 3 fully saturated rings. The van der Waals surface area contributed by atoms with Gasteiger partial charge in [-0.1, -0.05) is 44.8 Å². The molecule has 1 spiro atoms. The lowest BCUT2D eigenvalue weighted by molar-refractivity contribution is -0.164. The van der Waals surface area contributed by atoms with Crippen LogP contribution in [0.3, 0.4) is 0 Å². The Hall–Kier alpha value is -0.640. The van der Waals surface area contributed by atoms with E-state index in [0.29, 0.717) is 5.41 Å². The second kappa shape index (κ2) is 7.18. The van der Waals surface area contributed by atoms with Gasteiger partial charge in [0.05, 0.1) is 18.8 Å². The van der Waals surface area contributed by atoms with E-state index in [1.165, 1.54) is 57.8 Å². The fourth-order valence-electron chi connectivity index (χ4n) is 8.29. The average Bonchev–Trinajstić information content (AvgIpc) is 3.18. The Morgan fingerprint density at radius 3 is 2.83 bits per heavy atom. The Labute approximate surface area is 182 Å². The molecule has 1 saturated heterocycles. The maximum Gasteiger partial charge on any atom is 0.172 e. The van der Waals surface area contributed by atoms with Crippen molar-refractivity contribution in [3.05, 3.63) is 22.8 Å². The summed E-state index contributed by atoms with van der Waals surface area (Å²) in [5.41, 5.74) is 5.66. The molecule has 0 amide bonds. The van der Waals surface area contributed by atoms with Gasteiger partial charge in [-0.3, -0.25) is 0 Å². The molecule has 3 nitrogen and oxygen atoms in total. The standard InChI is InChI=1S/C27H40O3/c1-3-4-5-6-13-30-27-18-20(27)16-24-23-8-7-19-17-26(28-14-15-29-26)12-10-21(19)22(23)9-11-25(24,27)2/h9,20,23-24H,3-8,10-18H2,1-2H3/t20-,23+,24-,25-,27+/m0/s1. The topological polar surface area (TPSA) is 27.7 Å². The smallest absolute Gasteiger partial charge is 0.172 e. The minimum Gasteiger partial charge on any atom is -0.374 e. The zero-order valence-electron chi connectivity index (χ0n) is 19.1. The van der Waals surface area contributed by atoms with Gasteiger partial charge < -0.3 is 14.2 Å². The summed E-state index contributed by atoms with van der Waals surface area (Å²) in [6.07, 6.45) is 17.7. The van der Waals surface area contributed by atoms with Crippen molar-refractivity contribution in [1.82, 2.24) is 0 Å². The number of rotatable bonds is 6. The van der Waals surface area contributed by atoms with Crippen molar-refractivity contribution in [3.8, 4) is 0 Å². The van der Waals surface area contributed by atoms with Crippen molar-refractivity contribution in [2.24, 2.45) is 23.2 Å². The van der Waals surface area contributed by atoms with Crippen LogP contribution >= 0.6 is 0 Å². The molecular formula is C27H40O3. The molecule has 5 atom stereocenters. The Kier molecular flexibility index (Phi) is 4.79. The molecule has 0 aromatic heterocycles. The minimum absolute atomic E-state index is 0.211. The van der Waals surface area contributed by atoms with Gasteiger partial charge in [-0.15, -0.1) is 0 Å². The number of hydrogen-bond donors (Lipinski definition) is 0. The van der Waals surface area contributed by atoms with Gasteiger partial charge in [0.1, 0.15) is 0 Å². The zero-order chi connectivity index (χ0) is 20.4. The van der Waals surface area contributed by atoms with Gasteiger partial charge >= 0.3 is 0 Å². The highest BCUT2D eigenvalue weighted by molar-refractivity contribution is 5.46. The van der Waals surface area contributed by atoms with Crippen LogP contribution in [0.4, 0.5) is 0 Å². The molecule has 2 saturated carbocycles. The van der Waals surface area contributed by atoms with Crippen LogP contribution in [0.2, 0.25) is 0 Å². The third kappa shape index (κ3) is 2.80. The normalized spacial score (nSPS) is 43.1. The summed E-state index contributed by atoms with van der Waals surface area (Å²) in [4.78, 5) is 0. The summed E-state index contributed by atoms with van der Waals surface area (Å²) < 4.78 is 18.9. The molecular weight excluding hydrogens is 372 g/mol. The number of fused-ring (bicyclic) bond motifs is 6. The van der Waals surface area contributed by atoms with Gasteiger partial charge in [0, 0.05) is 24.9 Å². The van der Waals surface area contributed by atoms with Gasteiger partial charge in [0.15, 0.2) is 5.79 Å². The Morgan fingerprint density at radius 2 is 2.00 bits per heavy atom. The molecule has 1 heterocycles. The SMILES string of the molecule is CCCCCCO[C@]12C[C@@H]1C[C@H]1[C@@H]3CCC4=C(CCC5(C4)OCCO5)C3=CC[C@@]12C. The van der Waals surface area contributed by atoms with E-state index in [1.54, 1.807) is 16.7 Å². The number of unbranched alkanes of at least 4 members (excludes halogenated alkanes) is 3. The summed E-state index contributed by atoms with van der Waals surface area (Å²) in [5, 5.41) is 0. The van der Waals surface area contributed by atoms with E-state index in [4.69, 9.17) is 14.2 Å². The second-order valence-electron chi connectivity index (χ2n) is 11.3. The van der Waals surface area contributed by atoms with Gasteiger partial charge in [-0.05, 0) is 73.8 Å². The van der Waals surface area contributed by atoms with E-state index >= 15 is 0 Å². The predicted molar refractivity (Wildman–Crippen MR) is 118 cm³/mol. The van der Waals surface area contributed by atoms with Crippen LogP contribution in [0.5, 0.6) is 0 Å². The quantitative estimate of drug-likeness (QED) is 0.477. The van der Waals surface area contributed by atoms with Crippen molar-refractivity contribution < 1.29 is 14.2 Å². The van der Waals surface area contributed by atoms with Crippen LogP contribution in [0, 0.1) is 23.2 Å². The lowest BCUT2D eigenvalue weighted by Crippen LogP contribution is -2.46. The first-order valence-corrected chi connectivity index (χ1v) is 12.9. The summed E-state index contributed by atoms with van der Waals surface area (Å²) >= 11 is 0. The maximum atomic E-state index is 6.76. The van der Waals surface area contributed by atoms with Gasteiger partial charge in [-0.25, -0.2) is 0 Å². The molecule has 0 aromatic rings. The number of allylic oxidation sites excluding steroid dienone is 3. The van der Waals surface area contributed by atoms with Crippen molar-refractivity contribution in [2.45, 2.75) is 102 Å². The molecule has 6 aliphatic rings. The van der Waals surface area contributed by atoms with Gasteiger partial charge in [-0.2, -0.15) is 0 Å². The first-order valence-electron chi connectivity index (χ1n) is 12.9. The molecule has 0 radical (unpaired) electrons. The molecule has 6 rings (SSSR count). The Bertz CT molecular complexity index is 760. The molecule has 0 aromatic carbocycles. The van der Waals surface area contributed by atoms with E-state index in [1.807, 2.05) is 0 Å². The van der Waals surface area contributed by atoms with E-state index < -0.39 is 0 Å². The molecule has 3 heteroatoms. The van der Waals surface area contributed by atoms with E-state index in [-0.39, 0.29) is 11.4 Å². The first-order chi connectivity index (χ1) is 14.6. The van der Waals surface area contributed by atoms with Crippen molar-refractivity contribution in [2.75, 3.05) is 19.8 Å². The monoisotopic (exact) mass is 412 g/mol. The fraction of sp³-hybridized carbons (Fsp3) is 0.852. The first kappa shape index (κ1) is 20.0. The molecule has 0 N–H and O–H groups in total. The highest BCUT2D eigenvalue weighted by Gasteiger charge is 2.74. The summed E-state index contributed by atoms with van der Waals surface area (Å²) in [6, 6.07) is 0. The zero-order valence-corrected chi connectivity index (χ0v) is 19.1. The third-order valence-electron chi connectivity index (χ3n) is 9.95. The summed E-state index contributed by atoms with van der Waals surface area (Å²) in [6.45, 7) is 7.41. The van der Waals surface area contributed by atoms with Gasteiger partial charge in [0.25, 0.3) is 0 Å². The van der Waals surface area contributed by atoms with E-state index in [0.717, 1.165) is 56.8 Å². The molecule has 166 valence electrons. The fourth-order valence-corrected chi connectivity index (χ4v) is 8.29. The molecule has 0 unspecified atom stereocenters. The van der Waals surface area contributed by atoms with Gasteiger partial charge in [0.2, 0.25) is 0 Å². The van der Waals surface area contributed by atoms with Crippen LogP contribution in [-0.4, -0.2) is 31.2 Å². The predicted octanol–water partition coefficient (Wildman–Crippen LogP) is 6.33. The second-order valence-corrected chi connectivity index (χ2v) is 11.3. The lowest BCUT2D eigenvalue weighted by atomic mass is 9.56. The Balaban J connectivity index is 1.20. The molecule has 5 aliphatic carbocycles. The maximum absolute atomic E-state index is 6.76. The lowest BCUT2D eigenvalue weighted by Gasteiger charge is -2.50. The van der Waals surface area contributed by atoms with E-state index in [9.17, 15) is 0 Å². The summed E-state index contributed by atoms with van der Waals surface area (Å²) in [7, 11) is 0. The molecule has 30 heavy (non-hydrogen) atoms. The molecule has 1 aliphatic heterocycles. The van der Waals surface area contributed by atoms with Crippen LogP contribution < -0.4 is 0 Å². The highest BCUT2D eigenvalue weighted by atomic mass is 16.7. The minimum atomic E-state index is -0.278. The average molecular weight is 413 g/mol. The van der Waals surface area contributed by atoms with Crippen molar-refractivity contribution in [1.29, 1.82) is 0 Å². The van der Waals surface area contributed by atoms with Crippen molar-refractivity contribution >= 4 is 0 Å². The molecule has 0 bridgehead atoms. The third-order valence-corrected chi connectivity index (χ3v) is 9.95. The highest BCUT2D eigenvalue weighted by Crippen LogP contribution is 2.75. The van der Waals surface area contributed by atoms with Crippen LogP contribution in [0.15, 0.2) is 22.8 Å². The summed E-state index contributed by atoms with van der Waals surface area (Å²) in [5.74, 6) is 2.16. The largest absolute Gasteiger partial charge is 0.374 e. The van der Waals surface area contributed by atoms with Crippen LogP contribution in [-0.2, 0) is 14.2 Å².